The maximum absolute atomic E-state index is 13.6. The molecule has 0 aromatic rings. The van der Waals surface area contributed by atoms with Gasteiger partial charge >= 0.3 is 0 Å². The molecule has 2 unspecified atom stereocenters. The van der Waals surface area contributed by atoms with Gasteiger partial charge < -0.3 is 4.74 Å². The van der Waals surface area contributed by atoms with E-state index in [-0.39, 0.29) is 17.6 Å². The maximum atomic E-state index is 13.6. The van der Waals surface area contributed by atoms with E-state index in [1.54, 1.807) is 6.92 Å². The summed E-state index contributed by atoms with van der Waals surface area (Å²) >= 11 is 0. The van der Waals surface area contributed by atoms with Crippen LogP contribution in [0.25, 0.3) is 0 Å². The van der Waals surface area contributed by atoms with Crippen LogP contribution in [-0.4, -0.2) is 13.3 Å². The van der Waals surface area contributed by atoms with Gasteiger partial charge in [0.05, 0.1) is 7.11 Å². The fraction of sp³-hybridized carbons (Fsp3) is 0.636. The Balaban J connectivity index is 3.08. The first-order valence-corrected chi connectivity index (χ1v) is 4.78. The third-order valence-corrected chi connectivity index (χ3v) is 2.63. The van der Waals surface area contributed by atoms with Gasteiger partial charge in [-0.2, -0.15) is 0 Å². The molecule has 1 rings (SSSR count). The Bertz CT molecular complexity index is 279. The second-order valence-corrected chi connectivity index (χ2v) is 3.91. The lowest BCUT2D eigenvalue weighted by atomic mass is 9.83. The first kappa shape index (κ1) is 11.2. The summed E-state index contributed by atoms with van der Waals surface area (Å²) in [5, 5.41) is 0. The van der Waals surface area contributed by atoms with E-state index in [1.165, 1.54) is 13.2 Å². The number of allylic oxidation sites excluding steroid dienone is 4. The third-order valence-electron chi connectivity index (χ3n) is 2.63. The standard InChI is InChI=1S/C11H16F2O/c1-6(2)8-5-9(12)11(14-4)10(13)7(8)3/h5-7,10H,1-4H3. The number of rotatable bonds is 2. The molecule has 0 aromatic heterocycles. The molecule has 0 amide bonds. The van der Waals surface area contributed by atoms with Crippen LogP contribution in [0.5, 0.6) is 0 Å². The van der Waals surface area contributed by atoms with Gasteiger partial charge in [-0.25, -0.2) is 8.78 Å². The van der Waals surface area contributed by atoms with Crippen LogP contribution in [0.1, 0.15) is 20.8 Å². The van der Waals surface area contributed by atoms with Crippen molar-refractivity contribution in [3.05, 3.63) is 23.2 Å². The van der Waals surface area contributed by atoms with Gasteiger partial charge in [-0.3, -0.25) is 0 Å². The number of methoxy groups -OCH3 is 1. The summed E-state index contributed by atoms with van der Waals surface area (Å²) in [5.74, 6) is -0.902. The number of hydrogen-bond acceptors (Lipinski definition) is 1. The van der Waals surface area contributed by atoms with Crippen LogP contribution in [-0.2, 0) is 4.74 Å². The van der Waals surface area contributed by atoms with E-state index in [4.69, 9.17) is 4.74 Å². The van der Waals surface area contributed by atoms with Crippen molar-refractivity contribution in [3.8, 4) is 0 Å². The molecule has 1 aliphatic carbocycles. The van der Waals surface area contributed by atoms with Crippen LogP contribution in [0.3, 0.4) is 0 Å². The second kappa shape index (κ2) is 4.11. The van der Waals surface area contributed by atoms with Gasteiger partial charge in [-0.15, -0.1) is 0 Å². The van der Waals surface area contributed by atoms with Gasteiger partial charge in [-0.1, -0.05) is 26.3 Å². The van der Waals surface area contributed by atoms with Crippen molar-refractivity contribution in [1.29, 1.82) is 0 Å². The molecular weight excluding hydrogens is 186 g/mol. The zero-order chi connectivity index (χ0) is 10.9. The first-order valence-electron chi connectivity index (χ1n) is 4.78. The van der Waals surface area contributed by atoms with Crippen molar-refractivity contribution in [2.45, 2.75) is 26.9 Å². The molecule has 0 spiro atoms. The van der Waals surface area contributed by atoms with E-state index in [1.807, 2.05) is 13.8 Å². The highest BCUT2D eigenvalue weighted by molar-refractivity contribution is 5.32. The molecule has 0 radical (unpaired) electrons. The van der Waals surface area contributed by atoms with E-state index in [2.05, 4.69) is 0 Å². The smallest absolute Gasteiger partial charge is 0.166 e. The molecule has 0 saturated heterocycles. The topological polar surface area (TPSA) is 9.23 Å². The van der Waals surface area contributed by atoms with E-state index >= 15 is 0 Å². The Kier molecular flexibility index (Phi) is 3.29. The summed E-state index contributed by atoms with van der Waals surface area (Å²) in [5.41, 5.74) is 0.802. The lowest BCUT2D eigenvalue weighted by Crippen LogP contribution is -2.25. The van der Waals surface area contributed by atoms with Crippen LogP contribution >= 0.6 is 0 Å². The van der Waals surface area contributed by atoms with Crippen LogP contribution < -0.4 is 0 Å². The summed E-state index contributed by atoms with van der Waals surface area (Å²) < 4.78 is 31.7. The normalized spacial score (nSPS) is 28.1. The molecule has 14 heavy (non-hydrogen) atoms. The molecule has 0 heterocycles. The molecule has 0 N–H and O–H groups in total. The number of hydrogen-bond donors (Lipinski definition) is 0. The van der Waals surface area contributed by atoms with Gasteiger partial charge in [0.25, 0.3) is 0 Å². The van der Waals surface area contributed by atoms with Gasteiger partial charge in [0.15, 0.2) is 17.8 Å². The number of halogens is 2. The zero-order valence-corrected chi connectivity index (χ0v) is 8.97. The van der Waals surface area contributed by atoms with E-state index in [0.717, 1.165) is 5.57 Å². The van der Waals surface area contributed by atoms with Gasteiger partial charge in [0, 0.05) is 5.92 Å². The fourth-order valence-electron chi connectivity index (χ4n) is 1.78. The fourth-order valence-corrected chi connectivity index (χ4v) is 1.78. The lowest BCUT2D eigenvalue weighted by Gasteiger charge is -2.27. The Hall–Kier alpha value is -0.860. The minimum absolute atomic E-state index is 0.160. The molecule has 0 saturated carbocycles. The maximum Gasteiger partial charge on any atom is 0.166 e. The predicted molar refractivity (Wildman–Crippen MR) is 52.1 cm³/mol. The molecule has 0 aliphatic heterocycles. The Morgan fingerprint density at radius 1 is 1.43 bits per heavy atom. The second-order valence-electron chi connectivity index (χ2n) is 3.91. The molecule has 1 aliphatic rings. The highest BCUT2D eigenvalue weighted by Crippen LogP contribution is 2.35. The van der Waals surface area contributed by atoms with E-state index in [0.29, 0.717) is 0 Å². The van der Waals surface area contributed by atoms with Crippen LogP contribution in [0, 0.1) is 11.8 Å². The molecule has 0 bridgehead atoms. The summed E-state index contributed by atoms with van der Waals surface area (Å²) in [4.78, 5) is 0. The third kappa shape index (κ3) is 1.81. The number of ether oxygens (including phenoxy) is 1. The molecule has 0 fully saturated rings. The zero-order valence-electron chi connectivity index (χ0n) is 8.97. The molecule has 2 atom stereocenters. The highest BCUT2D eigenvalue weighted by atomic mass is 19.1. The number of alkyl halides is 1. The molecule has 0 aromatic carbocycles. The van der Waals surface area contributed by atoms with Crippen LogP contribution in [0.4, 0.5) is 8.78 Å². The molecule has 80 valence electrons. The van der Waals surface area contributed by atoms with Crippen LogP contribution in [0.15, 0.2) is 23.2 Å². The average Bonchev–Trinajstić information content (AvgIpc) is 2.12. The average molecular weight is 202 g/mol. The van der Waals surface area contributed by atoms with Crippen molar-refractivity contribution in [2.75, 3.05) is 7.11 Å². The summed E-state index contributed by atoms with van der Waals surface area (Å²) in [7, 11) is 1.29. The van der Waals surface area contributed by atoms with Gasteiger partial charge in [-0.05, 0) is 12.0 Å². The predicted octanol–water partition coefficient (Wildman–Crippen LogP) is 3.38. The van der Waals surface area contributed by atoms with Gasteiger partial charge in [0.1, 0.15) is 0 Å². The quantitative estimate of drug-likeness (QED) is 0.667. The SMILES string of the molecule is COC1=C(F)C=C(C(C)C)C(C)C1F. The Morgan fingerprint density at radius 2 is 2.00 bits per heavy atom. The molecule has 3 heteroatoms. The van der Waals surface area contributed by atoms with E-state index < -0.39 is 12.0 Å². The Labute approximate surface area is 83.4 Å². The summed E-state index contributed by atoms with van der Waals surface area (Å²) in [6, 6.07) is 0. The largest absolute Gasteiger partial charge is 0.495 e. The summed E-state index contributed by atoms with van der Waals surface area (Å²) in [6.45, 7) is 5.61. The van der Waals surface area contributed by atoms with Crippen molar-refractivity contribution in [1.82, 2.24) is 0 Å². The van der Waals surface area contributed by atoms with Crippen LogP contribution in [0.2, 0.25) is 0 Å². The minimum atomic E-state index is -1.36. The Morgan fingerprint density at radius 3 is 2.43 bits per heavy atom. The molecule has 1 nitrogen and oxygen atoms in total. The monoisotopic (exact) mass is 202 g/mol. The van der Waals surface area contributed by atoms with Crippen molar-refractivity contribution < 1.29 is 13.5 Å². The lowest BCUT2D eigenvalue weighted by molar-refractivity contribution is 0.159. The molecular formula is C11H16F2O. The summed E-state index contributed by atoms with van der Waals surface area (Å²) in [6.07, 6.45) is 0.0342. The minimum Gasteiger partial charge on any atom is -0.495 e. The van der Waals surface area contributed by atoms with Crippen molar-refractivity contribution in [3.63, 3.8) is 0 Å². The van der Waals surface area contributed by atoms with Gasteiger partial charge in [0.2, 0.25) is 0 Å². The first-order chi connectivity index (χ1) is 6.49. The van der Waals surface area contributed by atoms with E-state index in [9.17, 15) is 8.78 Å². The van der Waals surface area contributed by atoms with Crippen molar-refractivity contribution >= 4 is 0 Å². The highest BCUT2D eigenvalue weighted by Gasteiger charge is 2.32. The van der Waals surface area contributed by atoms with Crippen molar-refractivity contribution in [2.24, 2.45) is 11.8 Å².